The lowest BCUT2D eigenvalue weighted by molar-refractivity contribution is 0.0783. The average Bonchev–Trinajstić information content (AvgIpc) is 2.42. The largest absolute Gasteiger partial charge is 0.336 e. The summed E-state index contributed by atoms with van der Waals surface area (Å²) in [6.07, 6.45) is 1.68. The topological polar surface area (TPSA) is 33.2 Å². The van der Waals surface area contributed by atoms with Gasteiger partial charge in [-0.1, -0.05) is 6.07 Å². The SMILES string of the molecule is CN(Cc1ccccn1)C(=O)c1ccc(F)c(S)c1. The highest BCUT2D eigenvalue weighted by Gasteiger charge is 2.13. The summed E-state index contributed by atoms with van der Waals surface area (Å²) in [4.78, 5) is 18.0. The first-order valence-corrected chi connectivity index (χ1v) is 6.16. The fourth-order valence-electron chi connectivity index (χ4n) is 1.67. The molecule has 5 heteroatoms. The van der Waals surface area contributed by atoms with Gasteiger partial charge in [-0.3, -0.25) is 9.78 Å². The molecule has 0 saturated heterocycles. The standard InChI is InChI=1S/C14H13FN2OS/c1-17(9-11-4-2-3-7-16-11)14(18)10-5-6-12(15)13(19)8-10/h2-8,19H,9H2,1H3. The minimum Gasteiger partial charge on any atom is -0.336 e. The first-order valence-electron chi connectivity index (χ1n) is 5.72. The van der Waals surface area contributed by atoms with Gasteiger partial charge in [-0.25, -0.2) is 4.39 Å². The lowest BCUT2D eigenvalue weighted by Gasteiger charge is -2.17. The highest BCUT2D eigenvalue weighted by molar-refractivity contribution is 7.80. The van der Waals surface area contributed by atoms with E-state index in [9.17, 15) is 9.18 Å². The molecule has 0 spiro atoms. The third-order valence-electron chi connectivity index (χ3n) is 2.67. The molecule has 0 bridgehead atoms. The van der Waals surface area contributed by atoms with Gasteiger partial charge in [0.25, 0.3) is 5.91 Å². The van der Waals surface area contributed by atoms with E-state index in [1.54, 1.807) is 13.2 Å². The molecule has 98 valence electrons. The number of benzene rings is 1. The Hall–Kier alpha value is -1.88. The summed E-state index contributed by atoms with van der Waals surface area (Å²) in [7, 11) is 1.68. The van der Waals surface area contributed by atoms with Crippen LogP contribution in [0.15, 0.2) is 47.5 Å². The van der Waals surface area contributed by atoms with Gasteiger partial charge >= 0.3 is 0 Å². The molecule has 1 aromatic heterocycles. The Kier molecular flexibility index (Phi) is 4.16. The van der Waals surface area contributed by atoms with Gasteiger partial charge < -0.3 is 4.90 Å². The number of rotatable bonds is 3. The predicted octanol–water partition coefficient (Wildman–Crippen LogP) is 2.78. The van der Waals surface area contributed by atoms with Crippen LogP contribution in [0.3, 0.4) is 0 Å². The van der Waals surface area contributed by atoms with Crippen LogP contribution in [0.4, 0.5) is 4.39 Å². The molecular weight excluding hydrogens is 263 g/mol. The van der Waals surface area contributed by atoms with Crippen molar-refractivity contribution >= 4 is 18.5 Å². The van der Waals surface area contributed by atoms with Crippen molar-refractivity contribution in [2.45, 2.75) is 11.4 Å². The van der Waals surface area contributed by atoms with Crippen LogP contribution >= 0.6 is 12.6 Å². The number of halogens is 1. The van der Waals surface area contributed by atoms with Gasteiger partial charge in [0, 0.05) is 23.7 Å². The summed E-state index contributed by atoms with van der Waals surface area (Å²) in [5.41, 5.74) is 1.20. The molecule has 1 amide bonds. The first-order chi connectivity index (χ1) is 9.08. The van der Waals surface area contributed by atoms with E-state index in [-0.39, 0.29) is 10.8 Å². The smallest absolute Gasteiger partial charge is 0.253 e. The Morgan fingerprint density at radius 3 is 2.79 bits per heavy atom. The molecule has 0 radical (unpaired) electrons. The van der Waals surface area contributed by atoms with Crippen molar-refractivity contribution in [2.24, 2.45) is 0 Å². The molecule has 3 nitrogen and oxygen atoms in total. The second-order valence-electron chi connectivity index (χ2n) is 4.15. The number of aromatic nitrogens is 1. The lowest BCUT2D eigenvalue weighted by atomic mass is 10.2. The zero-order valence-corrected chi connectivity index (χ0v) is 11.3. The molecule has 1 aromatic carbocycles. The number of thiol groups is 1. The van der Waals surface area contributed by atoms with Crippen molar-refractivity contribution in [1.29, 1.82) is 0 Å². The van der Waals surface area contributed by atoms with E-state index in [0.29, 0.717) is 12.1 Å². The minimum absolute atomic E-state index is 0.164. The number of carbonyl (C=O) groups excluding carboxylic acids is 1. The van der Waals surface area contributed by atoms with Crippen molar-refractivity contribution in [3.8, 4) is 0 Å². The van der Waals surface area contributed by atoms with Gasteiger partial charge in [-0.15, -0.1) is 12.6 Å². The van der Waals surface area contributed by atoms with Crippen LogP contribution in [0.5, 0.6) is 0 Å². The predicted molar refractivity (Wildman–Crippen MR) is 73.7 cm³/mol. The zero-order chi connectivity index (χ0) is 13.8. The maximum absolute atomic E-state index is 13.1. The van der Waals surface area contributed by atoms with E-state index in [0.717, 1.165) is 5.69 Å². The number of carbonyl (C=O) groups is 1. The fraction of sp³-hybridized carbons (Fsp3) is 0.143. The van der Waals surface area contributed by atoms with Gasteiger partial charge in [-0.2, -0.15) is 0 Å². The maximum Gasteiger partial charge on any atom is 0.253 e. The Morgan fingerprint density at radius 2 is 2.16 bits per heavy atom. The van der Waals surface area contributed by atoms with Gasteiger partial charge in [0.15, 0.2) is 0 Å². The van der Waals surface area contributed by atoms with Crippen molar-refractivity contribution in [3.05, 3.63) is 59.7 Å². The van der Waals surface area contributed by atoms with Crippen LogP contribution < -0.4 is 0 Å². The molecule has 0 saturated carbocycles. The Balaban J connectivity index is 2.12. The Morgan fingerprint density at radius 1 is 1.37 bits per heavy atom. The molecule has 0 atom stereocenters. The van der Waals surface area contributed by atoms with E-state index in [1.165, 1.54) is 23.1 Å². The average molecular weight is 276 g/mol. The van der Waals surface area contributed by atoms with Crippen LogP contribution in [0, 0.1) is 5.82 Å². The lowest BCUT2D eigenvalue weighted by Crippen LogP contribution is -2.26. The van der Waals surface area contributed by atoms with Gasteiger partial charge in [0.2, 0.25) is 0 Å². The highest BCUT2D eigenvalue weighted by atomic mass is 32.1. The molecule has 2 aromatic rings. The molecule has 0 N–H and O–H groups in total. The molecule has 0 aliphatic heterocycles. The second-order valence-corrected chi connectivity index (χ2v) is 4.63. The molecule has 0 unspecified atom stereocenters. The molecule has 0 aliphatic rings. The van der Waals surface area contributed by atoms with Crippen molar-refractivity contribution < 1.29 is 9.18 Å². The van der Waals surface area contributed by atoms with Crippen molar-refractivity contribution in [1.82, 2.24) is 9.88 Å². The van der Waals surface area contributed by atoms with Gasteiger partial charge in [0.05, 0.1) is 12.2 Å². The number of nitrogens with zero attached hydrogens (tertiary/aromatic N) is 2. The summed E-state index contributed by atoms with van der Waals surface area (Å²) in [6.45, 7) is 0.402. The Labute approximate surface area is 116 Å². The molecule has 2 rings (SSSR count). The summed E-state index contributed by atoms with van der Waals surface area (Å²) in [5.74, 6) is -0.631. The van der Waals surface area contributed by atoms with E-state index in [4.69, 9.17) is 0 Å². The zero-order valence-electron chi connectivity index (χ0n) is 10.4. The van der Waals surface area contributed by atoms with E-state index >= 15 is 0 Å². The molecular formula is C14H13FN2OS. The summed E-state index contributed by atoms with van der Waals surface area (Å²) in [6, 6.07) is 9.65. The van der Waals surface area contributed by atoms with Crippen molar-refractivity contribution in [3.63, 3.8) is 0 Å². The number of hydrogen-bond donors (Lipinski definition) is 1. The summed E-state index contributed by atoms with van der Waals surface area (Å²) >= 11 is 3.97. The maximum atomic E-state index is 13.1. The van der Waals surface area contributed by atoms with E-state index in [1.807, 2.05) is 18.2 Å². The minimum atomic E-state index is -0.438. The quantitative estimate of drug-likeness (QED) is 0.874. The van der Waals surface area contributed by atoms with Crippen LogP contribution in [-0.4, -0.2) is 22.8 Å². The van der Waals surface area contributed by atoms with E-state index < -0.39 is 5.82 Å². The van der Waals surface area contributed by atoms with Crippen LogP contribution in [0.25, 0.3) is 0 Å². The van der Waals surface area contributed by atoms with Crippen LogP contribution in [0.1, 0.15) is 16.1 Å². The Bertz CT molecular complexity index is 589. The van der Waals surface area contributed by atoms with E-state index in [2.05, 4.69) is 17.6 Å². The monoisotopic (exact) mass is 276 g/mol. The third kappa shape index (κ3) is 3.32. The van der Waals surface area contributed by atoms with Gasteiger partial charge in [-0.05, 0) is 30.3 Å². The number of hydrogen-bond acceptors (Lipinski definition) is 3. The highest BCUT2D eigenvalue weighted by Crippen LogP contribution is 2.16. The molecule has 1 heterocycles. The molecule has 19 heavy (non-hydrogen) atoms. The number of pyridine rings is 1. The van der Waals surface area contributed by atoms with Crippen LogP contribution in [0.2, 0.25) is 0 Å². The van der Waals surface area contributed by atoms with Crippen molar-refractivity contribution in [2.75, 3.05) is 7.05 Å². The fourth-order valence-corrected chi connectivity index (χ4v) is 1.89. The first kappa shape index (κ1) is 13.5. The normalized spacial score (nSPS) is 10.3. The second kappa shape index (κ2) is 5.84. The number of amides is 1. The third-order valence-corrected chi connectivity index (χ3v) is 3.01. The molecule has 0 aliphatic carbocycles. The van der Waals surface area contributed by atoms with Crippen LogP contribution in [-0.2, 0) is 6.54 Å². The van der Waals surface area contributed by atoms with Gasteiger partial charge in [0.1, 0.15) is 5.82 Å². The molecule has 0 fully saturated rings. The summed E-state index contributed by atoms with van der Waals surface area (Å²) in [5, 5.41) is 0. The summed E-state index contributed by atoms with van der Waals surface area (Å²) < 4.78 is 13.1.